The van der Waals surface area contributed by atoms with Crippen molar-refractivity contribution in [2.45, 2.75) is 13.3 Å². The Bertz CT molecular complexity index is 856. The first-order valence-electron chi connectivity index (χ1n) is 7.42. The Morgan fingerprint density at radius 3 is 2.75 bits per heavy atom. The molecule has 1 heterocycles. The number of benzene rings is 2. The lowest BCUT2D eigenvalue weighted by Crippen LogP contribution is -2.03. The summed E-state index contributed by atoms with van der Waals surface area (Å²) in [7, 11) is 0. The average Bonchev–Trinajstić information content (AvgIpc) is 2.59. The van der Waals surface area contributed by atoms with Crippen molar-refractivity contribution in [2.75, 3.05) is 10.6 Å². The summed E-state index contributed by atoms with van der Waals surface area (Å²) in [4.78, 5) is 4.36. The van der Waals surface area contributed by atoms with Gasteiger partial charge in [-0.1, -0.05) is 36.7 Å². The maximum atomic E-state index is 13.2. The minimum absolute atomic E-state index is 0.0391. The summed E-state index contributed by atoms with van der Waals surface area (Å²) in [5.41, 5.74) is 2.70. The first-order chi connectivity index (χ1) is 11.7. The van der Waals surface area contributed by atoms with Crippen LogP contribution in [0.5, 0.6) is 0 Å². The van der Waals surface area contributed by atoms with Crippen molar-refractivity contribution in [1.82, 2.24) is 15.2 Å². The number of aromatic nitrogens is 3. The molecular weight excluding hydrogens is 329 g/mol. The van der Waals surface area contributed by atoms with Gasteiger partial charge < -0.3 is 10.6 Å². The van der Waals surface area contributed by atoms with E-state index in [0.29, 0.717) is 17.5 Å². The highest BCUT2D eigenvalue weighted by Gasteiger charge is 2.06. The van der Waals surface area contributed by atoms with Gasteiger partial charge in [0.05, 0.1) is 11.2 Å². The third-order valence-electron chi connectivity index (χ3n) is 3.40. The van der Waals surface area contributed by atoms with Crippen LogP contribution in [0.2, 0.25) is 5.02 Å². The molecule has 122 valence electrons. The number of halogens is 2. The van der Waals surface area contributed by atoms with Crippen LogP contribution in [0, 0.1) is 5.82 Å². The molecule has 0 aliphatic carbocycles. The van der Waals surface area contributed by atoms with E-state index in [1.54, 1.807) is 6.07 Å². The predicted molar refractivity (Wildman–Crippen MR) is 93.6 cm³/mol. The Labute approximate surface area is 143 Å². The van der Waals surface area contributed by atoms with Gasteiger partial charge in [-0.15, -0.1) is 5.10 Å². The molecule has 0 spiro atoms. The van der Waals surface area contributed by atoms with Crippen LogP contribution in [-0.4, -0.2) is 15.2 Å². The number of hydrogen-bond donors (Lipinski definition) is 2. The van der Waals surface area contributed by atoms with Crippen LogP contribution in [0.3, 0.4) is 0 Å². The van der Waals surface area contributed by atoms with Crippen LogP contribution < -0.4 is 10.6 Å². The number of nitrogens with zero attached hydrogens (tertiary/aromatic N) is 3. The van der Waals surface area contributed by atoms with Gasteiger partial charge in [0, 0.05) is 11.4 Å². The third kappa shape index (κ3) is 3.78. The maximum Gasteiger partial charge on any atom is 0.249 e. The molecular formula is C17H15ClFN5. The van der Waals surface area contributed by atoms with E-state index in [1.807, 2.05) is 24.3 Å². The first-order valence-corrected chi connectivity index (χ1v) is 7.80. The van der Waals surface area contributed by atoms with Crippen molar-refractivity contribution in [3.05, 3.63) is 65.1 Å². The summed E-state index contributed by atoms with van der Waals surface area (Å²) >= 11 is 5.78. The van der Waals surface area contributed by atoms with Gasteiger partial charge in [0.2, 0.25) is 5.95 Å². The van der Waals surface area contributed by atoms with Crippen molar-refractivity contribution in [3.8, 4) is 0 Å². The third-order valence-corrected chi connectivity index (χ3v) is 3.69. The SMILES string of the molecule is CCc1ccccc1Nc1nncc(Nc2ccc(F)c(Cl)c2)n1. The van der Waals surface area contributed by atoms with Crippen molar-refractivity contribution >= 4 is 34.7 Å². The van der Waals surface area contributed by atoms with Crippen LogP contribution in [0.1, 0.15) is 12.5 Å². The van der Waals surface area contributed by atoms with Gasteiger partial charge in [0.25, 0.3) is 0 Å². The second-order valence-corrected chi connectivity index (χ2v) is 5.46. The summed E-state index contributed by atoms with van der Waals surface area (Å²) in [5.74, 6) is 0.375. The number of hydrogen-bond acceptors (Lipinski definition) is 5. The van der Waals surface area contributed by atoms with Crippen molar-refractivity contribution < 1.29 is 4.39 Å². The van der Waals surface area contributed by atoms with Crippen molar-refractivity contribution in [2.24, 2.45) is 0 Å². The minimum Gasteiger partial charge on any atom is -0.339 e. The summed E-state index contributed by atoms with van der Waals surface area (Å²) in [6.07, 6.45) is 2.37. The second-order valence-electron chi connectivity index (χ2n) is 5.05. The van der Waals surface area contributed by atoms with E-state index >= 15 is 0 Å². The summed E-state index contributed by atoms with van der Waals surface area (Å²) in [5, 5.41) is 14.1. The quantitative estimate of drug-likeness (QED) is 0.702. The van der Waals surface area contributed by atoms with Crippen molar-refractivity contribution in [1.29, 1.82) is 0 Å². The summed E-state index contributed by atoms with van der Waals surface area (Å²) in [6.45, 7) is 2.08. The molecule has 2 N–H and O–H groups in total. The fourth-order valence-electron chi connectivity index (χ4n) is 2.21. The van der Waals surface area contributed by atoms with Gasteiger partial charge in [-0.25, -0.2) is 4.39 Å². The lowest BCUT2D eigenvalue weighted by Gasteiger charge is -2.10. The minimum atomic E-state index is -0.471. The Hall–Kier alpha value is -2.73. The Morgan fingerprint density at radius 1 is 1.12 bits per heavy atom. The Kier molecular flexibility index (Phi) is 4.86. The van der Waals surface area contributed by atoms with Gasteiger partial charge in [0.15, 0.2) is 5.82 Å². The number of rotatable bonds is 5. The molecule has 0 atom stereocenters. The van der Waals surface area contributed by atoms with E-state index in [1.165, 1.54) is 18.3 Å². The lowest BCUT2D eigenvalue weighted by atomic mass is 10.1. The molecule has 0 saturated heterocycles. The standard InChI is InChI=1S/C17H15ClFN5/c1-2-11-5-3-4-6-15(11)22-17-23-16(10-20-24-17)21-12-7-8-14(19)13(18)9-12/h3-10H,2H2,1H3,(H2,21,22,23,24). The second kappa shape index (κ2) is 7.23. The Morgan fingerprint density at radius 2 is 1.96 bits per heavy atom. The smallest absolute Gasteiger partial charge is 0.249 e. The number of para-hydroxylation sites is 1. The molecule has 24 heavy (non-hydrogen) atoms. The monoisotopic (exact) mass is 343 g/mol. The van der Waals surface area contributed by atoms with Gasteiger partial charge in [-0.3, -0.25) is 0 Å². The molecule has 1 aromatic heterocycles. The molecule has 0 bridgehead atoms. The molecule has 0 unspecified atom stereocenters. The number of nitrogens with one attached hydrogen (secondary N) is 2. The van der Waals surface area contributed by atoms with Crippen LogP contribution >= 0.6 is 11.6 Å². The van der Waals surface area contributed by atoms with E-state index in [9.17, 15) is 4.39 Å². The molecule has 0 amide bonds. The van der Waals surface area contributed by atoms with Gasteiger partial charge in [-0.2, -0.15) is 10.1 Å². The molecule has 0 aliphatic rings. The molecule has 0 saturated carbocycles. The van der Waals surface area contributed by atoms with Gasteiger partial charge in [0.1, 0.15) is 5.82 Å². The normalized spacial score (nSPS) is 10.5. The van der Waals surface area contributed by atoms with Crippen LogP contribution in [0.25, 0.3) is 0 Å². The zero-order chi connectivity index (χ0) is 16.9. The van der Waals surface area contributed by atoms with Crippen molar-refractivity contribution in [3.63, 3.8) is 0 Å². The van der Waals surface area contributed by atoms with E-state index < -0.39 is 5.82 Å². The highest BCUT2D eigenvalue weighted by molar-refractivity contribution is 6.31. The van der Waals surface area contributed by atoms with Crippen LogP contribution in [0.15, 0.2) is 48.7 Å². The summed E-state index contributed by atoms with van der Waals surface area (Å²) < 4.78 is 13.2. The first kappa shape index (κ1) is 16.1. The molecule has 2 aromatic carbocycles. The molecule has 5 nitrogen and oxygen atoms in total. The molecule has 7 heteroatoms. The van der Waals surface area contributed by atoms with Gasteiger partial charge in [-0.05, 0) is 36.2 Å². The molecule has 0 radical (unpaired) electrons. The molecule has 3 aromatic rings. The average molecular weight is 344 g/mol. The number of aryl methyl sites for hydroxylation is 1. The highest BCUT2D eigenvalue weighted by atomic mass is 35.5. The Balaban J connectivity index is 1.80. The predicted octanol–water partition coefficient (Wildman–Crippen LogP) is 4.71. The van der Waals surface area contributed by atoms with E-state index in [2.05, 4.69) is 32.7 Å². The van der Waals surface area contributed by atoms with E-state index in [-0.39, 0.29) is 5.02 Å². The van der Waals surface area contributed by atoms with Crippen LogP contribution in [-0.2, 0) is 6.42 Å². The molecule has 3 rings (SSSR count). The van der Waals surface area contributed by atoms with E-state index in [4.69, 9.17) is 11.6 Å². The fraction of sp³-hybridized carbons (Fsp3) is 0.118. The topological polar surface area (TPSA) is 62.7 Å². The fourth-order valence-corrected chi connectivity index (χ4v) is 2.39. The zero-order valence-corrected chi connectivity index (χ0v) is 13.7. The lowest BCUT2D eigenvalue weighted by molar-refractivity contribution is 0.628. The zero-order valence-electron chi connectivity index (χ0n) is 12.9. The largest absolute Gasteiger partial charge is 0.339 e. The molecule has 0 aliphatic heterocycles. The highest BCUT2D eigenvalue weighted by Crippen LogP contribution is 2.23. The molecule has 0 fully saturated rings. The van der Waals surface area contributed by atoms with E-state index in [0.717, 1.165) is 17.7 Å². The van der Waals surface area contributed by atoms with Gasteiger partial charge >= 0.3 is 0 Å². The number of anilines is 4. The maximum absolute atomic E-state index is 13.2. The summed E-state index contributed by atoms with van der Waals surface area (Å²) in [6, 6.07) is 12.3. The van der Waals surface area contributed by atoms with Crippen LogP contribution in [0.4, 0.5) is 27.5 Å².